The van der Waals surface area contributed by atoms with Crippen LogP contribution in [0.3, 0.4) is 0 Å². The highest BCUT2D eigenvalue weighted by Crippen LogP contribution is 2.26. The van der Waals surface area contributed by atoms with Crippen LogP contribution in [0, 0.1) is 0 Å². The van der Waals surface area contributed by atoms with Crippen molar-refractivity contribution in [2.24, 2.45) is 0 Å². The van der Waals surface area contributed by atoms with Crippen molar-refractivity contribution in [2.45, 2.75) is 38.6 Å². The second-order valence-electron chi connectivity index (χ2n) is 6.94. The predicted octanol–water partition coefficient (Wildman–Crippen LogP) is 5.00. The molecule has 1 heterocycles. The van der Waals surface area contributed by atoms with Gasteiger partial charge in [0.05, 0.1) is 17.9 Å². The van der Waals surface area contributed by atoms with Gasteiger partial charge in [0.15, 0.2) is 17.1 Å². The summed E-state index contributed by atoms with van der Waals surface area (Å²) >= 11 is 7.31. The molecule has 0 aliphatic carbocycles. The number of hydrogen-bond donors (Lipinski definition) is 1. The lowest BCUT2D eigenvalue weighted by atomic mass is 10.2. The zero-order valence-corrected chi connectivity index (χ0v) is 20.2. The Kier molecular flexibility index (Phi) is 8.73. The minimum Gasteiger partial charge on any atom is -0.483 e. The van der Waals surface area contributed by atoms with Crippen LogP contribution >= 0.6 is 23.4 Å². The summed E-state index contributed by atoms with van der Waals surface area (Å²) in [6.45, 7) is 6.56. The van der Waals surface area contributed by atoms with Crippen molar-refractivity contribution in [3.8, 4) is 5.75 Å². The second-order valence-corrected chi connectivity index (χ2v) is 8.32. The first-order valence-electron chi connectivity index (χ1n) is 10.5. The number of ether oxygens (including phenoxy) is 2. The molecule has 0 aliphatic heterocycles. The molecule has 1 amide bonds. The van der Waals surface area contributed by atoms with E-state index in [2.05, 4.69) is 15.5 Å². The number of benzene rings is 2. The van der Waals surface area contributed by atoms with Gasteiger partial charge in [-0.2, -0.15) is 0 Å². The van der Waals surface area contributed by atoms with E-state index in [-0.39, 0.29) is 17.8 Å². The number of amides is 1. The Morgan fingerprint density at radius 3 is 2.58 bits per heavy atom. The molecule has 8 nitrogen and oxygen atoms in total. The van der Waals surface area contributed by atoms with Crippen molar-refractivity contribution in [1.29, 1.82) is 0 Å². The third-order valence-corrected chi connectivity index (χ3v) is 5.75. The molecule has 0 bridgehead atoms. The van der Waals surface area contributed by atoms with Crippen molar-refractivity contribution < 1.29 is 19.1 Å². The Labute approximate surface area is 201 Å². The standard InChI is InChI=1S/C23H25ClN4O4S/c1-4-28-21(15(3)32-19-8-6-7-17(24)13-19)26-27-23(28)33-14-20(29)25-18-11-9-16(10-12-18)22(30)31-5-2/h6-13,15H,4-5,14H2,1-3H3,(H,25,29). The zero-order chi connectivity index (χ0) is 23.8. The third-order valence-electron chi connectivity index (χ3n) is 4.55. The molecule has 3 rings (SSSR count). The van der Waals surface area contributed by atoms with Gasteiger partial charge in [0, 0.05) is 17.3 Å². The number of nitrogens with zero attached hydrogens (tertiary/aromatic N) is 3. The van der Waals surface area contributed by atoms with Crippen molar-refractivity contribution in [3.63, 3.8) is 0 Å². The number of thioether (sulfide) groups is 1. The van der Waals surface area contributed by atoms with Gasteiger partial charge in [-0.25, -0.2) is 4.79 Å². The molecule has 33 heavy (non-hydrogen) atoms. The molecule has 1 unspecified atom stereocenters. The van der Waals surface area contributed by atoms with Gasteiger partial charge in [0.25, 0.3) is 0 Å². The van der Waals surface area contributed by atoms with E-state index in [9.17, 15) is 9.59 Å². The van der Waals surface area contributed by atoms with E-state index in [0.717, 1.165) is 0 Å². The molecule has 0 radical (unpaired) electrons. The molecule has 174 valence electrons. The van der Waals surface area contributed by atoms with Gasteiger partial charge in [0.2, 0.25) is 5.91 Å². The molecular weight excluding hydrogens is 464 g/mol. The van der Waals surface area contributed by atoms with Crippen LogP contribution in [0.15, 0.2) is 53.7 Å². The number of aromatic nitrogens is 3. The van der Waals surface area contributed by atoms with Crippen molar-refractivity contribution in [2.75, 3.05) is 17.7 Å². The maximum Gasteiger partial charge on any atom is 0.338 e. The van der Waals surface area contributed by atoms with Crippen LogP contribution in [0.1, 0.15) is 43.1 Å². The highest BCUT2D eigenvalue weighted by Gasteiger charge is 2.19. The Hall–Kier alpha value is -3.04. The Bertz CT molecular complexity index is 1100. The normalized spacial score (nSPS) is 11.6. The highest BCUT2D eigenvalue weighted by molar-refractivity contribution is 7.99. The number of carbonyl (C=O) groups is 2. The maximum atomic E-state index is 12.4. The van der Waals surface area contributed by atoms with Crippen LogP contribution in [0.5, 0.6) is 5.75 Å². The fraction of sp³-hybridized carbons (Fsp3) is 0.304. The summed E-state index contributed by atoms with van der Waals surface area (Å²) in [7, 11) is 0. The zero-order valence-electron chi connectivity index (χ0n) is 18.6. The number of halogens is 1. The minimum absolute atomic E-state index is 0.154. The molecule has 0 spiro atoms. The van der Waals surface area contributed by atoms with E-state index in [1.165, 1.54) is 11.8 Å². The van der Waals surface area contributed by atoms with Gasteiger partial charge in [-0.05, 0) is 63.2 Å². The molecule has 10 heteroatoms. The highest BCUT2D eigenvalue weighted by atomic mass is 35.5. The molecule has 2 aromatic carbocycles. The monoisotopic (exact) mass is 488 g/mol. The van der Waals surface area contributed by atoms with Gasteiger partial charge < -0.3 is 19.4 Å². The van der Waals surface area contributed by atoms with Crippen LogP contribution in [-0.4, -0.2) is 39.0 Å². The molecule has 0 saturated heterocycles. The van der Waals surface area contributed by atoms with Crippen LogP contribution in [-0.2, 0) is 16.1 Å². The average molecular weight is 489 g/mol. The van der Waals surface area contributed by atoms with Crippen LogP contribution < -0.4 is 10.1 Å². The molecule has 0 aliphatic rings. The van der Waals surface area contributed by atoms with Gasteiger partial charge in [-0.1, -0.05) is 29.4 Å². The van der Waals surface area contributed by atoms with Crippen LogP contribution in [0.4, 0.5) is 5.69 Å². The van der Waals surface area contributed by atoms with E-state index in [1.807, 2.05) is 30.5 Å². The van der Waals surface area contributed by atoms with E-state index in [1.54, 1.807) is 43.3 Å². The molecule has 0 fully saturated rings. The fourth-order valence-corrected chi connectivity index (χ4v) is 4.02. The first kappa shape index (κ1) is 24.6. The van der Waals surface area contributed by atoms with E-state index in [0.29, 0.717) is 46.2 Å². The van der Waals surface area contributed by atoms with Crippen LogP contribution in [0.2, 0.25) is 5.02 Å². The summed E-state index contributed by atoms with van der Waals surface area (Å²) in [5.41, 5.74) is 1.02. The lowest BCUT2D eigenvalue weighted by Gasteiger charge is -2.15. The number of nitrogens with one attached hydrogen (secondary N) is 1. The SMILES string of the molecule is CCOC(=O)c1ccc(NC(=O)CSc2nnc(C(C)Oc3cccc(Cl)c3)n2CC)cc1. The van der Waals surface area contributed by atoms with Crippen LogP contribution in [0.25, 0.3) is 0 Å². The van der Waals surface area contributed by atoms with E-state index >= 15 is 0 Å². The third kappa shape index (κ3) is 6.72. The first-order valence-corrected chi connectivity index (χ1v) is 11.8. The van der Waals surface area contributed by atoms with Gasteiger partial charge in [0.1, 0.15) is 5.75 Å². The number of hydrogen-bond acceptors (Lipinski definition) is 7. The smallest absolute Gasteiger partial charge is 0.338 e. The van der Waals surface area contributed by atoms with E-state index < -0.39 is 5.97 Å². The van der Waals surface area contributed by atoms with Gasteiger partial charge >= 0.3 is 5.97 Å². The maximum absolute atomic E-state index is 12.4. The summed E-state index contributed by atoms with van der Waals surface area (Å²) in [5, 5.41) is 12.5. The second kappa shape index (κ2) is 11.7. The number of anilines is 1. The van der Waals surface area contributed by atoms with Gasteiger partial charge in [-0.3, -0.25) is 4.79 Å². The Morgan fingerprint density at radius 2 is 1.91 bits per heavy atom. The topological polar surface area (TPSA) is 95.3 Å². The summed E-state index contributed by atoms with van der Waals surface area (Å²) in [4.78, 5) is 24.1. The van der Waals surface area contributed by atoms with Crippen molar-refractivity contribution in [3.05, 3.63) is 64.9 Å². The largest absolute Gasteiger partial charge is 0.483 e. The molecule has 3 aromatic rings. The first-order chi connectivity index (χ1) is 15.9. The number of rotatable bonds is 10. The molecule has 1 N–H and O–H groups in total. The molecule has 0 saturated carbocycles. The quantitative estimate of drug-likeness (QED) is 0.317. The molecule has 1 atom stereocenters. The number of carbonyl (C=O) groups excluding carboxylic acids is 2. The summed E-state index contributed by atoms with van der Waals surface area (Å²) in [5.74, 6) is 0.869. The van der Waals surface area contributed by atoms with E-state index in [4.69, 9.17) is 21.1 Å². The van der Waals surface area contributed by atoms with Gasteiger partial charge in [-0.15, -0.1) is 10.2 Å². The minimum atomic E-state index is -0.394. The lowest BCUT2D eigenvalue weighted by molar-refractivity contribution is -0.113. The number of esters is 1. The Balaban J connectivity index is 1.58. The predicted molar refractivity (Wildman–Crippen MR) is 128 cm³/mol. The van der Waals surface area contributed by atoms with Crippen molar-refractivity contribution in [1.82, 2.24) is 14.8 Å². The Morgan fingerprint density at radius 1 is 1.15 bits per heavy atom. The molecule has 1 aromatic heterocycles. The summed E-state index contributed by atoms with van der Waals surface area (Å²) in [6.07, 6.45) is -0.350. The molecular formula is C23H25ClN4O4S. The van der Waals surface area contributed by atoms with Crippen molar-refractivity contribution >= 4 is 40.9 Å². The average Bonchev–Trinajstić information content (AvgIpc) is 3.21. The summed E-state index contributed by atoms with van der Waals surface area (Å²) in [6, 6.07) is 13.7. The fourth-order valence-electron chi connectivity index (χ4n) is 3.03. The summed E-state index contributed by atoms with van der Waals surface area (Å²) < 4.78 is 12.8. The lowest BCUT2D eigenvalue weighted by Crippen LogP contribution is -2.15.